The van der Waals surface area contributed by atoms with Gasteiger partial charge < -0.3 is 9.47 Å². The van der Waals surface area contributed by atoms with E-state index in [-0.39, 0.29) is 35.6 Å². The zero-order valence-electron chi connectivity index (χ0n) is 29.1. The standard InChI is InChI=1S/C42H54O4/c1-29(2)37-18-12-17-34(41(37)45-7)16-11-13-30(3)19-25-36(43)28-40(44)46-39-27-31(4)20-26-38(39)42(5,6)35-23-21-33(22-24-35)32-14-9-8-10-15-32/h8-10,12-15,17-18,21-24,29,31,38-39H,11,16,19-20,25-28H2,1-7H3/b30-13+/t31-,38-,39+/m1/s1. The molecule has 0 aromatic heterocycles. The second kappa shape index (κ2) is 16.3. The Morgan fingerprint density at radius 2 is 1.61 bits per heavy atom. The summed E-state index contributed by atoms with van der Waals surface area (Å²) in [4.78, 5) is 25.9. The number of benzene rings is 3. The fourth-order valence-electron chi connectivity index (χ4n) is 7.10. The van der Waals surface area contributed by atoms with Crippen molar-refractivity contribution in [3.63, 3.8) is 0 Å². The molecule has 1 aliphatic carbocycles. The summed E-state index contributed by atoms with van der Waals surface area (Å²) in [5.41, 5.74) is 7.08. The number of hydrogen-bond donors (Lipinski definition) is 0. The Morgan fingerprint density at radius 1 is 0.913 bits per heavy atom. The molecular formula is C42H54O4. The molecule has 0 bridgehead atoms. The minimum atomic E-state index is -0.386. The molecule has 4 rings (SSSR count). The molecule has 1 fully saturated rings. The van der Waals surface area contributed by atoms with Crippen LogP contribution in [-0.4, -0.2) is 25.0 Å². The van der Waals surface area contributed by atoms with Crippen molar-refractivity contribution in [2.24, 2.45) is 11.8 Å². The van der Waals surface area contributed by atoms with Crippen molar-refractivity contribution >= 4 is 11.8 Å². The van der Waals surface area contributed by atoms with Gasteiger partial charge in [-0.1, -0.05) is 125 Å². The van der Waals surface area contributed by atoms with Gasteiger partial charge in [0.05, 0.1) is 7.11 Å². The predicted octanol–water partition coefficient (Wildman–Crippen LogP) is 10.4. The highest BCUT2D eigenvalue weighted by Gasteiger charge is 2.42. The van der Waals surface area contributed by atoms with E-state index in [0.29, 0.717) is 24.7 Å². The third kappa shape index (κ3) is 9.21. The monoisotopic (exact) mass is 622 g/mol. The molecule has 0 aliphatic heterocycles. The average Bonchev–Trinajstić information content (AvgIpc) is 3.04. The molecule has 0 amide bonds. The highest BCUT2D eigenvalue weighted by Crippen LogP contribution is 2.44. The van der Waals surface area contributed by atoms with Gasteiger partial charge in [-0.15, -0.1) is 0 Å². The molecule has 0 spiro atoms. The Balaban J connectivity index is 1.30. The summed E-state index contributed by atoms with van der Waals surface area (Å²) < 4.78 is 11.9. The number of hydrogen-bond acceptors (Lipinski definition) is 4. The Bertz CT molecular complexity index is 1470. The maximum Gasteiger partial charge on any atom is 0.313 e. The van der Waals surface area contributed by atoms with Gasteiger partial charge in [-0.2, -0.15) is 0 Å². The molecule has 0 unspecified atom stereocenters. The molecule has 246 valence electrons. The van der Waals surface area contributed by atoms with Gasteiger partial charge in [0.15, 0.2) is 0 Å². The number of carbonyl (C=O) groups is 2. The van der Waals surface area contributed by atoms with Crippen LogP contribution in [0.3, 0.4) is 0 Å². The fraction of sp³-hybridized carbons (Fsp3) is 0.476. The number of Topliss-reactive ketones (excluding diaryl/α,β-unsaturated/α-hetero) is 1. The molecule has 4 nitrogen and oxygen atoms in total. The molecule has 0 saturated heterocycles. The first-order valence-electron chi connectivity index (χ1n) is 17.2. The first-order valence-corrected chi connectivity index (χ1v) is 17.2. The van der Waals surface area contributed by atoms with Crippen LogP contribution in [0.2, 0.25) is 0 Å². The van der Waals surface area contributed by atoms with Crippen molar-refractivity contribution in [2.45, 2.75) is 110 Å². The molecular weight excluding hydrogens is 568 g/mol. The summed E-state index contributed by atoms with van der Waals surface area (Å²) in [6.07, 6.45) is 7.58. The summed E-state index contributed by atoms with van der Waals surface area (Å²) in [6.45, 7) is 13.2. The minimum absolute atomic E-state index is 0.0553. The van der Waals surface area contributed by atoms with E-state index in [0.717, 1.165) is 37.9 Å². The van der Waals surface area contributed by atoms with E-state index in [1.165, 1.54) is 33.4 Å². The first-order chi connectivity index (χ1) is 22.0. The molecule has 0 heterocycles. The Morgan fingerprint density at radius 3 is 2.28 bits per heavy atom. The van der Waals surface area contributed by atoms with Gasteiger partial charge in [0, 0.05) is 12.3 Å². The third-order valence-corrected chi connectivity index (χ3v) is 10.00. The lowest BCUT2D eigenvalue weighted by atomic mass is 9.64. The molecule has 3 atom stereocenters. The van der Waals surface area contributed by atoms with Crippen molar-refractivity contribution in [1.29, 1.82) is 0 Å². The van der Waals surface area contributed by atoms with E-state index in [4.69, 9.17) is 9.47 Å². The number of para-hydroxylation sites is 1. The predicted molar refractivity (Wildman–Crippen MR) is 189 cm³/mol. The summed E-state index contributed by atoms with van der Waals surface area (Å²) in [7, 11) is 1.74. The molecule has 1 aliphatic rings. The quantitative estimate of drug-likeness (QED) is 0.102. The molecule has 3 aromatic rings. The molecule has 0 radical (unpaired) electrons. The second-order valence-electron chi connectivity index (χ2n) is 14.2. The summed E-state index contributed by atoms with van der Waals surface area (Å²) in [6, 6.07) is 25.6. The minimum Gasteiger partial charge on any atom is -0.496 e. The maximum absolute atomic E-state index is 13.1. The van der Waals surface area contributed by atoms with Gasteiger partial charge in [0.1, 0.15) is 24.1 Å². The van der Waals surface area contributed by atoms with Crippen LogP contribution in [0.1, 0.15) is 109 Å². The second-order valence-corrected chi connectivity index (χ2v) is 14.2. The van der Waals surface area contributed by atoms with Gasteiger partial charge in [0.25, 0.3) is 0 Å². The lowest BCUT2D eigenvalue weighted by Gasteiger charge is -2.44. The van der Waals surface area contributed by atoms with Crippen LogP contribution in [0.5, 0.6) is 5.75 Å². The number of esters is 1. The lowest BCUT2D eigenvalue weighted by molar-refractivity contribution is -0.157. The zero-order valence-corrected chi connectivity index (χ0v) is 29.1. The van der Waals surface area contributed by atoms with Crippen molar-refractivity contribution < 1.29 is 19.1 Å². The number of aryl methyl sites for hydroxylation is 1. The van der Waals surface area contributed by atoms with Crippen molar-refractivity contribution in [2.75, 3.05) is 7.11 Å². The lowest BCUT2D eigenvalue weighted by Crippen LogP contribution is -2.43. The van der Waals surface area contributed by atoms with E-state index in [1.54, 1.807) is 7.11 Å². The van der Waals surface area contributed by atoms with Gasteiger partial charge in [-0.05, 0) is 84.1 Å². The summed E-state index contributed by atoms with van der Waals surface area (Å²) in [5.74, 6) is 1.62. The molecule has 4 heteroatoms. The Hall–Kier alpha value is -3.66. The first kappa shape index (κ1) is 35.2. The van der Waals surface area contributed by atoms with Crippen LogP contribution in [-0.2, 0) is 26.2 Å². The van der Waals surface area contributed by atoms with Gasteiger partial charge >= 0.3 is 5.97 Å². The highest BCUT2D eigenvalue weighted by molar-refractivity contribution is 5.95. The van der Waals surface area contributed by atoms with Crippen LogP contribution in [0.15, 0.2) is 84.4 Å². The van der Waals surface area contributed by atoms with Crippen molar-refractivity contribution in [1.82, 2.24) is 0 Å². The van der Waals surface area contributed by atoms with E-state index >= 15 is 0 Å². The van der Waals surface area contributed by atoms with Crippen LogP contribution in [0.25, 0.3) is 11.1 Å². The smallest absolute Gasteiger partial charge is 0.313 e. The molecule has 0 N–H and O–H groups in total. The zero-order chi connectivity index (χ0) is 33.3. The average molecular weight is 623 g/mol. The van der Waals surface area contributed by atoms with Gasteiger partial charge in [-0.3, -0.25) is 9.59 Å². The molecule has 3 aromatic carbocycles. The number of carbonyl (C=O) groups excluding carboxylic acids is 2. The van der Waals surface area contributed by atoms with Crippen LogP contribution in [0.4, 0.5) is 0 Å². The summed E-state index contributed by atoms with van der Waals surface area (Å²) >= 11 is 0. The number of ether oxygens (including phenoxy) is 2. The fourth-order valence-corrected chi connectivity index (χ4v) is 7.10. The maximum atomic E-state index is 13.1. The van der Waals surface area contributed by atoms with Crippen LogP contribution >= 0.6 is 0 Å². The number of allylic oxidation sites excluding steroid dienone is 2. The topological polar surface area (TPSA) is 52.6 Å². The Labute approximate surface area is 277 Å². The van der Waals surface area contributed by atoms with E-state index in [2.05, 4.69) is 114 Å². The number of methoxy groups -OCH3 is 1. The Kier molecular flexibility index (Phi) is 12.4. The van der Waals surface area contributed by atoms with Gasteiger partial charge in [0.2, 0.25) is 0 Å². The number of ketones is 1. The highest BCUT2D eigenvalue weighted by atomic mass is 16.5. The van der Waals surface area contributed by atoms with Crippen molar-refractivity contribution in [3.8, 4) is 16.9 Å². The summed E-state index contributed by atoms with van der Waals surface area (Å²) in [5, 5.41) is 0. The number of rotatable bonds is 14. The van der Waals surface area contributed by atoms with Crippen molar-refractivity contribution in [3.05, 3.63) is 101 Å². The SMILES string of the molecule is COc1c(CC/C=C(\C)CCC(=O)CC(=O)O[C@H]2C[C@H](C)CC[C@H]2C(C)(C)c2ccc(-c3ccccc3)cc2)cccc1C(C)C. The van der Waals surface area contributed by atoms with Crippen LogP contribution < -0.4 is 4.74 Å². The van der Waals surface area contributed by atoms with E-state index in [9.17, 15) is 9.59 Å². The largest absolute Gasteiger partial charge is 0.496 e. The van der Waals surface area contributed by atoms with Gasteiger partial charge in [-0.25, -0.2) is 0 Å². The van der Waals surface area contributed by atoms with E-state index < -0.39 is 0 Å². The van der Waals surface area contributed by atoms with Crippen LogP contribution in [0, 0.1) is 11.8 Å². The molecule has 1 saturated carbocycles. The van der Waals surface area contributed by atoms with E-state index in [1.807, 2.05) is 6.07 Å². The molecule has 46 heavy (non-hydrogen) atoms. The third-order valence-electron chi connectivity index (χ3n) is 10.00. The normalized spacial score (nSPS) is 18.8.